The minimum Gasteiger partial charge on any atom is -0.323 e. The van der Waals surface area contributed by atoms with Gasteiger partial charge in [-0.25, -0.2) is 4.98 Å². The van der Waals surface area contributed by atoms with E-state index in [2.05, 4.69) is 32.8 Å². The Morgan fingerprint density at radius 2 is 2.11 bits per heavy atom. The second-order valence-electron chi connectivity index (χ2n) is 5.73. The normalized spacial score (nSPS) is 10.4. The smallest absolute Gasteiger partial charge is 0.278 e. The van der Waals surface area contributed by atoms with Crippen LogP contribution in [0, 0.1) is 6.92 Å². The Hall–Kier alpha value is -2.45. The van der Waals surface area contributed by atoms with Crippen LogP contribution in [0.4, 0.5) is 5.69 Å². The molecule has 9 heteroatoms. The molecule has 0 radical (unpaired) electrons. The van der Waals surface area contributed by atoms with Crippen molar-refractivity contribution in [3.05, 3.63) is 58.1 Å². The molecule has 0 unspecified atom stereocenters. The number of hydrogen-bond donors (Lipinski definition) is 1. The van der Waals surface area contributed by atoms with E-state index in [-0.39, 0.29) is 24.6 Å². The van der Waals surface area contributed by atoms with Crippen molar-refractivity contribution >= 4 is 50.9 Å². The van der Waals surface area contributed by atoms with Crippen molar-refractivity contribution in [3.63, 3.8) is 0 Å². The highest BCUT2D eigenvalue weighted by molar-refractivity contribution is 9.10. The molecule has 1 heterocycles. The molecule has 2 aromatic rings. The van der Waals surface area contributed by atoms with Gasteiger partial charge in [0.05, 0.1) is 22.7 Å². The highest BCUT2D eigenvalue weighted by Crippen LogP contribution is 2.25. The molecule has 1 N–H and O–H groups in total. The molecule has 1 aromatic carbocycles. The maximum absolute atomic E-state index is 12.6. The molecule has 1 aromatic heterocycles. The van der Waals surface area contributed by atoms with Crippen molar-refractivity contribution in [1.29, 1.82) is 0 Å². The maximum Gasteiger partial charge on any atom is 0.278 e. The molecule has 3 amide bonds. The van der Waals surface area contributed by atoms with Crippen LogP contribution in [0.15, 0.2) is 41.7 Å². The molecule has 0 spiro atoms. The summed E-state index contributed by atoms with van der Waals surface area (Å²) in [6.07, 6.45) is 2.85. The van der Waals surface area contributed by atoms with Crippen LogP contribution in [0.2, 0.25) is 5.02 Å². The van der Waals surface area contributed by atoms with Gasteiger partial charge < -0.3 is 9.88 Å². The van der Waals surface area contributed by atoms with Gasteiger partial charge in [0.2, 0.25) is 11.8 Å². The Bertz CT molecular complexity index is 910. The number of amides is 3. The molecular formula is C18H18BrClN4O3. The monoisotopic (exact) mass is 452 g/mol. The van der Waals surface area contributed by atoms with E-state index in [4.69, 9.17) is 11.6 Å². The molecule has 0 aliphatic rings. The van der Waals surface area contributed by atoms with Crippen LogP contribution in [-0.4, -0.2) is 39.2 Å². The molecular weight excluding hydrogens is 436 g/mol. The summed E-state index contributed by atoms with van der Waals surface area (Å²) in [6, 6.07) is 5.07. The number of imidazole rings is 1. The van der Waals surface area contributed by atoms with E-state index in [0.29, 0.717) is 16.4 Å². The number of hydrogen-bond acceptors (Lipinski definition) is 4. The first-order valence-corrected chi connectivity index (χ1v) is 9.10. The number of imide groups is 1. The van der Waals surface area contributed by atoms with Gasteiger partial charge in [-0.1, -0.05) is 33.6 Å². The van der Waals surface area contributed by atoms with Crippen molar-refractivity contribution in [2.24, 2.45) is 0 Å². The van der Waals surface area contributed by atoms with Crippen LogP contribution in [0.3, 0.4) is 0 Å². The van der Waals surface area contributed by atoms with Crippen LogP contribution < -0.4 is 5.32 Å². The first kappa shape index (κ1) is 20.9. The van der Waals surface area contributed by atoms with Gasteiger partial charge in [0, 0.05) is 17.9 Å². The lowest BCUT2D eigenvalue weighted by Crippen LogP contribution is -2.35. The van der Waals surface area contributed by atoms with Crippen LogP contribution in [0.25, 0.3) is 0 Å². The first-order chi connectivity index (χ1) is 12.7. The molecule has 0 saturated carbocycles. The van der Waals surface area contributed by atoms with Crippen molar-refractivity contribution in [2.75, 3.05) is 12.4 Å². The summed E-state index contributed by atoms with van der Waals surface area (Å²) in [5.74, 6) is -1.31. The van der Waals surface area contributed by atoms with Gasteiger partial charge in [0.1, 0.15) is 12.2 Å². The Labute approximate surface area is 170 Å². The lowest BCUT2D eigenvalue weighted by Gasteiger charge is -2.16. The number of benzene rings is 1. The van der Waals surface area contributed by atoms with Gasteiger partial charge in [-0.2, -0.15) is 0 Å². The summed E-state index contributed by atoms with van der Waals surface area (Å²) in [5, 5.41) is 3.07. The van der Waals surface area contributed by atoms with Crippen LogP contribution in [0.5, 0.6) is 0 Å². The minimum atomic E-state index is -0.536. The average Bonchev–Trinajstić information content (AvgIpc) is 2.96. The Kier molecular flexibility index (Phi) is 6.92. The third-order valence-corrected chi connectivity index (χ3v) is 4.55. The summed E-state index contributed by atoms with van der Waals surface area (Å²) in [4.78, 5) is 42.0. The number of nitrogens with zero attached hydrogens (tertiary/aromatic N) is 3. The Morgan fingerprint density at radius 1 is 1.41 bits per heavy atom. The second kappa shape index (κ2) is 8.96. The topological polar surface area (TPSA) is 84.3 Å². The molecule has 0 atom stereocenters. The summed E-state index contributed by atoms with van der Waals surface area (Å²) < 4.78 is 2.19. The summed E-state index contributed by atoms with van der Waals surface area (Å²) in [5.41, 5.74) is 1.05. The highest BCUT2D eigenvalue weighted by atomic mass is 79.9. The zero-order valence-corrected chi connectivity index (χ0v) is 17.2. The number of nitrogens with one attached hydrogen (secondary N) is 1. The van der Waals surface area contributed by atoms with Gasteiger partial charge in [-0.15, -0.1) is 6.58 Å². The van der Waals surface area contributed by atoms with Crippen LogP contribution in [-0.2, 0) is 16.1 Å². The molecule has 7 nitrogen and oxygen atoms in total. The largest absolute Gasteiger partial charge is 0.323 e. The van der Waals surface area contributed by atoms with E-state index < -0.39 is 11.8 Å². The number of rotatable bonds is 6. The zero-order valence-electron chi connectivity index (χ0n) is 14.8. The number of carbonyl (C=O) groups is 3. The van der Waals surface area contributed by atoms with E-state index in [0.717, 1.165) is 9.37 Å². The number of anilines is 1. The zero-order chi connectivity index (χ0) is 20.1. The maximum atomic E-state index is 12.6. The average molecular weight is 454 g/mol. The first-order valence-electron chi connectivity index (χ1n) is 7.93. The molecule has 0 fully saturated rings. The molecule has 142 valence electrons. The van der Waals surface area contributed by atoms with E-state index in [1.165, 1.54) is 24.0 Å². The van der Waals surface area contributed by atoms with Crippen molar-refractivity contribution in [1.82, 2.24) is 14.5 Å². The van der Waals surface area contributed by atoms with Crippen molar-refractivity contribution in [3.8, 4) is 0 Å². The van der Waals surface area contributed by atoms with Crippen LogP contribution >= 0.6 is 27.5 Å². The fourth-order valence-electron chi connectivity index (χ4n) is 2.35. The molecule has 0 saturated heterocycles. The summed E-state index contributed by atoms with van der Waals surface area (Å²) >= 11 is 9.39. The standard InChI is InChI=1S/C18H18BrClN4O3/c1-4-5-16(26)23(3)18(27)17-11(2)21-10-24(17)9-15(25)22-14-7-6-12(19)8-13(14)20/h4,6-8,10H,1,5,9H2,2-3H3,(H,22,25). The Balaban J connectivity index is 2.18. The SMILES string of the molecule is C=CCC(=O)N(C)C(=O)c1c(C)ncn1CC(=O)Nc1ccc(Br)cc1Cl. The molecule has 2 rings (SSSR count). The van der Waals surface area contributed by atoms with Gasteiger partial charge >= 0.3 is 0 Å². The van der Waals surface area contributed by atoms with E-state index in [1.807, 2.05) is 0 Å². The summed E-state index contributed by atoms with van der Waals surface area (Å²) in [6.45, 7) is 4.97. The third kappa shape index (κ3) is 5.05. The van der Waals surface area contributed by atoms with E-state index >= 15 is 0 Å². The fraction of sp³-hybridized carbons (Fsp3) is 0.222. The summed E-state index contributed by atoms with van der Waals surface area (Å²) in [7, 11) is 1.38. The van der Waals surface area contributed by atoms with Gasteiger partial charge in [-0.3, -0.25) is 19.3 Å². The Morgan fingerprint density at radius 3 is 2.74 bits per heavy atom. The molecule has 0 bridgehead atoms. The number of aromatic nitrogens is 2. The van der Waals surface area contributed by atoms with E-state index in [1.54, 1.807) is 25.1 Å². The predicted octanol–water partition coefficient (Wildman–Crippen LogP) is 3.42. The molecule has 0 aliphatic carbocycles. The number of halogens is 2. The molecule has 27 heavy (non-hydrogen) atoms. The lowest BCUT2D eigenvalue weighted by molar-refractivity contribution is -0.126. The highest BCUT2D eigenvalue weighted by Gasteiger charge is 2.24. The van der Waals surface area contributed by atoms with Gasteiger partial charge in [0.15, 0.2) is 0 Å². The number of carbonyl (C=O) groups excluding carboxylic acids is 3. The van der Waals surface area contributed by atoms with E-state index in [9.17, 15) is 14.4 Å². The van der Waals surface area contributed by atoms with Crippen molar-refractivity contribution in [2.45, 2.75) is 19.9 Å². The second-order valence-corrected chi connectivity index (χ2v) is 7.05. The number of aryl methyl sites for hydroxylation is 1. The quantitative estimate of drug-likeness (QED) is 0.679. The van der Waals surface area contributed by atoms with Gasteiger partial charge in [0.25, 0.3) is 5.91 Å². The van der Waals surface area contributed by atoms with Crippen LogP contribution in [0.1, 0.15) is 22.6 Å². The third-order valence-electron chi connectivity index (χ3n) is 3.74. The van der Waals surface area contributed by atoms with Gasteiger partial charge in [-0.05, 0) is 25.1 Å². The molecule has 0 aliphatic heterocycles. The lowest BCUT2D eigenvalue weighted by atomic mass is 10.2. The predicted molar refractivity (Wildman–Crippen MR) is 107 cm³/mol. The minimum absolute atomic E-state index is 0.0397. The fourth-order valence-corrected chi connectivity index (χ4v) is 3.07. The van der Waals surface area contributed by atoms with Crippen molar-refractivity contribution < 1.29 is 14.4 Å².